The molecule has 8 nitrogen and oxygen atoms in total. The summed E-state index contributed by atoms with van der Waals surface area (Å²) in [6.07, 6.45) is 3.17. The maximum atomic E-state index is 11.7. The van der Waals surface area contributed by atoms with Crippen LogP contribution in [0.4, 0.5) is 5.82 Å². The number of nitrogens with one attached hydrogen (secondary N) is 1. The fourth-order valence-electron chi connectivity index (χ4n) is 2.14. The lowest BCUT2D eigenvalue weighted by Gasteiger charge is -2.05. The van der Waals surface area contributed by atoms with Crippen LogP contribution < -0.4 is 11.3 Å². The molecule has 0 aliphatic rings. The number of oxime groups is 1. The van der Waals surface area contributed by atoms with E-state index in [9.17, 15) is 4.79 Å². The quantitative estimate of drug-likeness (QED) is 0.387. The molecule has 1 aromatic carbocycles. The molecular weight excluding hydrogens is 310 g/mol. The van der Waals surface area contributed by atoms with Crippen LogP contribution in [0.1, 0.15) is 5.56 Å². The highest BCUT2D eigenvalue weighted by atomic mass is 16.6. The number of hydrogen-bond acceptors (Lipinski definition) is 6. The minimum absolute atomic E-state index is 0.241. The average Bonchev–Trinajstić information content (AvgIpc) is 2.98. The van der Waals surface area contributed by atoms with Crippen LogP contribution in [0, 0.1) is 0 Å². The Bertz CT molecular complexity index is 886. The predicted molar refractivity (Wildman–Crippen MR) is 90.7 cm³/mol. The number of anilines is 1. The summed E-state index contributed by atoms with van der Waals surface area (Å²) in [5.74, 6) is 0.285. The number of H-pyrrole nitrogens is 1. The van der Waals surface area contributed by atoms with E-state index >= 15 is 0 Å². The number of hydrogen-bond donors (Lipinski definition) is 2. The van der Waals surface area contributed by atoms with Gasteiger partial charge in [-0.3, -0.25) is 4.79 Å². The zero-order chi connectivity index (χ0) is 16.8. The first kappa shape index (κ1) is 15.8. The summed E-state index contributed by atoms with van der Waals surface area (Å²) < 4.78 is 7.19. The van der Waals surface area contributed by atoms with Crippen molar-refractivity contribution in [1.29, 1.82) is 0 Å². The molecule has 2 aromatic heterocycles. The van der Waals surface area contributed by atoms with Crippen LogP contribution in [-0.2, 0) is 16.3 Å². The van der Waals surface area contributed by atoms with Crippen molar-refractivity contribution in [3.63, 3.8) is 0 Å². The van der Waals surface area contributed by atoms with Crippen molar-refractivity contribution in [2.45, 2.75) is 6.73 Å². The van der Waals surface area contributed by atoms with Gasteiger partial charge in [-0.05, 0) is 5.56 Å². The Morgan fingerprint density at radius 2 is 2.12 bits per heavy atom. The summed E-state index contributed by atoms with van der Waals surface area (Å²) in [6, 6.07) is 11.3. The molecule has 0 radical (unpaired) electrons. The Hall–Kier alpha value is -3.13. The van der Waals surface area contributed by atoms with Gasteiger partial charge in [-0.2, -0.15) is 0 Å². The molecule has 0 saturated carbocycles. The summed E-state index contributed by atoms with van der Waals surface area (Å²) in [7, 11) is 0. The van der Waals surface area contributed by atoms with Gasteiger partial charge in [0.05, 0.1) is 24.7 Å². The Balaban J connectivity index is 1.46. The van der Waals surface area contributed by atoms with E-state index in [1.807, 2.05) is 30.3 Å². The van der Waals surface area contributed by atoms with Gasteiger partial charge in [0, 0.05) is 6.07 Å². The molecule has 0 fully saturated rings. The highest BCUT2D eigenvalue weighted by Crippen LogP contribution is 2.10. The zero-order valence-corrected chi connectivity index (χ0v) is 12.9. The Labute approximate surface area is 137 Å². The average molecular weight is 327 g/mol. The molecule has 0 spiro atoms. The van der Waals surface area contributed by atoms with E-state index in [2.05, 4.69) is 15.1 Å². The molecule has 0 amide bonds. The summed E-state index contributed by atoms with van der Waals surface area (Å²) in [6.45, 7) is 0.911. The molecule has 0 aliphatic carbocycles. The summed E-state index contributed by atoms with van der Waals surface area (Å²) >= 11 is 0. The third-order valence-corrected chi connectivity index (χ3v) is 3.27. The van der Waals surface area contributed by atoms with Crippen molar-refractivity contribution in [3.05, 3.63) is 58.6 Å². The van der Waals surface area contributed by atoms with Crippen LogP contribution in [0.2, 0.25) is 0 Å². The van der Waals surface area contributed by atoms with E-state index in [1.54, 1.807) is 16.8 Å². The topological polar surface area (TPSA) is 108 Å². The molecule has 24 heavy (non-hydrogen) atoms. The highest BCUT2D eigenvalue weighted by molar-refractivity contribution is 5.78. The fraction of sp³-hybridized carbons (Fsp3) is 0.188. The van der Waals surface area contributed by atoms with Crippen molar-refractivity contribution >= 4 is 23.1 Å². The number of rotatable bonds is 7. The van der Waals surface area contributed by atoms with Crippen molar-refractivity contribution < 1.29 is 9.57 Å². The molecule has 2 heterocycles. The lowest BCUT2D eigenvalue weighted by atomic mass is 10.2. The smallest absolute Gasteiger partial charge is 0.277 e. The monoisotopic (exact) mass is 327 g/mol. The second-order valence-corrected chi connectivity index (χ2v) is 5.02. The Morgan fingerprint density at radius 1 is 1.29 bits per heavy atom. The van der Waals surface area contributed by atoms with Crippen LogP contribution in [0.3, 0.4) is 0 Å². The number of benzene rings is 1. The Morgan fingerprint density at radius 3 is 2.96 bits per heavy atom. The van der Waals surface area contributed by atoms with Gasteiger partial charge >= 0.3 is 0 Å². The number of nitrogens with two attached hydrogens (primary N) is 1. The van der Waals surface area contributed by atoms with E-state index in [0.717, 1.165) is 5.56 Å². The number of nitrogen functional groups attached to an aromatic ring is 1. The van der Waals surface area contributed by atoms with E-state index in [0.29, 0.717) is 24.2 Å². The molecule has 3 rings (SSSR count). The van der Waals surface area contributed by atoms with E-state index in [-0.39, 0.29) is 18.1 Å². The molecule has 8 heteroatoms. The first-order valence-electron chi connectivity index (χ1n) is 7.36. The number of nitrogens with zero attached hydrogens (tertiary/aromatic N) is 3. The summed E-state index contributed by atoms with van der Waals surface area (Å²) in [4.78, 5) is 23.4. The van der Waals surface area contributed by atoms with E-state index in [4.69, 9.17) is 15.3 Å². The lowest BCUT2D eigenvalue weighted by Crippen LogP contribution is -2.10. The van der Waals surface area contributed by atoms with Gasteiger partial charge in [0.25, 0.3) is 5.56 Å². The number of ether oxygens (including phenoxy) is 1. The van der Waals surface area contributed by atoms with Crippen molar-refractivity contribution in [2.24, 2.45) is 5.16 Å². The number of fused-ring (bicyclic) bond motifs is 1. The molecule has 3 aromatic rings. The number of imidazole rings is 1. The largest absolute Gasteiger partial charge is 0.393 e. The van der Waals surface area contributed by atoms with Crippen molar-refractivity contribution in [2.75, 3.05) is 18.9 Å². The maximum absolute atomic E-state index is 11.7. The van der Waals surface area contributed by atoms with Gasteiger partial charge in [0.15, 0.2) is 5.52 Å². The van der Waals surface area contributed by atoms with Crippen LogP contribution in [0.5, 0.6) is 0 Å². The summed E-state index contributed by atoms with van der Waals surface area (Å²) in [5.41, 5.74) is 7.24. The number of pyridine rings is 1. The highest BCUT2D eigenvalue weighted by Gasteiger charge is 2.07. The van der Waals surface area contributed by atoms with Gasteiger partial charge in [-0.25, -0.2) is 4.98 Å². The molecule has 0 bridgehead atoms. The van der Waals surface area contributed by atoms with Gasteiger partial charge in [-0.1, -0.05) is 35.5 Å². The zero-order valence-electron chi connectivity index (χ0n) is 12.9. The van der Waals surface area contributed by atoms with Gasteiger partial charge < -0.3 is 24.9 Å². The first-order chi connectivity index (χ1) is 11.7. The fourth-order valence-corrected chi connectivity index (χ4v) is 2.14. The van der Waals surface area contributed by atoms with Crippen molar-refractivity contribution in [1.82, 2.24) is 14.5 Å². The molecule has 0 aliphatic heterocycles. The van der Waals surface area contributed by atoms with Crippen molar-refractivity contribution in [3.8, 4) is 0 Å². The normalized spacial score (nSPS) is 11.3. The summed E-state index contributed by atoms with van der Waals surface area (Å²) in [5, 5.41) is 3.86. The van der Waals surface area contributed by atoms with Crippen LogP contribution in [-0.4, -0.2) is 34.0 Å². The lowest BCUT2D eigenvalue weighted by molar-refractivity contribution is 0.0224. The molecular formula is C16H17N5O3. The van der Waals surface area contributed by atoms with E-state index < -0.39 is 0 Å². The van der Waals surface area contributed by atoms with E-state index in [1.165, 1.54) is 6.33 Å². The SMILES string of the molecule is Nc1cc2c(ncn2COCCO/N=C/c2ccccc2)c(=O)[nH]1. The minimum atomic E-state index is -0.317. The maximum Gasteiger partial charge on any atom is 0.277 e. The Kier molecular flexibility index (Phi) is 4.87. The molecule has 0 atom stereocenters. The van der Waals surface area contributed by atoms with Crippen LogP contribution in [0.15, 0.2) is 52.7 Å². The molecule has 124 valence electrons. The second-order valence-electron chi connectivity index (χ2n) is 5.02. The third-order valence-electron chi connectivity index (χ3n) is 3.27. The van der Waals surface area contributed by atoms with Gasteiger partial charge in [0.2, 0.25) is 0 Å². The molecule has 0 saturated heterocycles. The van der Waals surface area contributed by atoms with Gasteiger partial charge in [0.1, 0.15) is 19.2 Å². The number of aromatic nitrogens is 3. The minimum Gasteiger partial charge on any atom is -0.393 e. The molecule has 3 N–H and O–H groups in total. The van der Waals surface area contributed by atoms with Crippen LogP contribution in [0.25, 0.3) is 11.0 Å². The standard InChI is InChI=1S/C16H17N5O3/c17-14-8-13-15(16(22)20-14)18-10-21(13)11-23-6-7-24-19-9-12-4-2-1-3-5-12/h1-5,8-10H,6-7,11H2,(H3,17,20,22)/b19-9+. The first-order valence-corrected chi connectivity index (χ1v) is 7.36. The molecule has 0 unspecified atom stereocenters. The number of aromatic amines is 1. The predicted octanol–water partition coefficient (Wildman–Crippen LogP) is 1.33. The van der Waals surface area contributed by atoms with Gasteiger partial charge in [-0.15, -0.1) is 0 Å². The second kappa shape index (κ2) is 7.42. The van der Waals surface area contributed by atoms with Crippen LogP contribution >= 0.6 is 0 Å². The third kappa shape index (κ3) is 3.79.